The Morgan fingerprint density at radius 3 is 2.55 bits per heavy atom. The molecule has 0 atom stereocenters. The highest BCUT2D eigenvalue weighted by atomic mass is 19.3. The molecular weight excluding hydrogens is 264 g/mol. The summed E-state index contributed by atoms with van der Waals surface area (Å²) in [5.74, 6) is -2.80. The van der Waals surface area contributed by atoms with Gasteiger partial charge in [0.05, 0.1) is 5.69 Å². The molecule has 20 heavy (non-hydrogen) atoms. The molecule has 0 bridgehead atoms. The van der Waals surface area contributed by atoms with E-state index in [9.17, 15) is 13.6 Å². The Bertz CT molecular complexity index is 487. The van der Waals surface area contributed by atoms with Crippen LogP contribution in [0.3, 0.4) is 0 Å². The first-order valence-electron chi connectivity index (χ1n) is 7.04. The van der Waals surface area contributed by atoms with Gasteiger partial charge in [0.1, 0.15) is 5.69 Å². The topological polar surface area (TPSA) is 60.9 Å². The minimum absolute atomic E-state index is 0.0435. The van der Waals surface area contributed by atoms with E-state index in [1.165, 1.54) is 0 Å². The summed E-state index contributed by atoms with van der Waals surface area (Å²) in [5, 5.41) is 4.39. The molecule has 1 amide bonds. The Morgan fingerprint density at radius 2 is 2.10 bits per heavy atom. The molecule has 1 aliphatic carbocycles. The van der Waals surface area contributed by atoms with Gasteiger partial charge in [-0.2, -0.15) is 5.10 Å². The minimum atomic E-state index is -2.51. The summed E-state index contributed by atoms with van der Waals surface area (Å²) in [4.78, 5) is 11.4. The van der Waals surface area contributed by atoms with Gasteiger partial charge in [0.25, 0.3) is 5.91 Å². The summed E-state index contributed by atoms with van der Waals surface area (Å²) in [6.07, 6.45) is 1.55. The lowest BCUT2D eigenvalue weighted by Gasteiger charge is -2.27. The number of alkyl halides is 2. The molecule has 1 aromatic rings. The van der Waals surface area contributed by atoms with Crippen molar-refractivity contribution in [3.8, 4) is 0 Å². The molecule has 1 heterocycles. The van der Waals surface area contributed by atoms with E-state index in [1.54, 1.807) is 10.7 Å². The van der Waals surface area contributed by atoms with Crippen molar-refractivity contribution in [3.05, 3.63) is 17.5 Å². The zero-order valence-electron chi connectivity index (χ0n) is 11.9. The summed E-state index contributed by atoms with van der Waals surface area (Å²) in [5.41, 5.74) is 6.49. The number of primary amides is 1. The molecule has 1 fully saturated rings. The number of halogens is 2. The Hall–Kier alpha value is -1.46. The third-order valence-electron chi connectivity index (χ3n) is 3.86. The van der Waals surface area contributed by atoms with Gasteiger partial charge in [-0.25, -0.2) is 8.78 Å². The van der Waals surface area contributed by atoms with Crippen LogP contribution in [0.4, 0.5) is 8.78 Å². The van der Waals surface area contributed by atoms with Crippen LogP contribution in [0.2, 0.25) is 0 Å². The third kappa shape index (κ3) is 3.35. The summed E-state index contributed by atoms with van der Waals surface area (Å²) in [7, 11) is 0. The van der Waals surface area contributed by atoms with Crippen LogP contribution in [0.25, 0.3) is 0 Å². The number of hydrogen-bond donors (Lipinski definition) is 1. The van der Waals surface area contributed by atoms with E-state index in [0.717, 1.165) is 5.69 Å². The second-order valence-corrected chi connectivity index (χ2v) is 5.93. The van der Waals surface area contributed by atoms with Crippen LogP contribution in [0.1, 0.15) is 61.8 Å². The number of rotatable bonds is 4. The maximum atomic E-state index is 13.1. The third-order valence-corrected chi connectivity index (χ3v) is 3.86. The highest BCUT2D eigenvalue weighted by Gasteiger charge is 2.35. The van der Waals surface area contributed by atoms with Crippen LogP contribution in [-0.4, -0.2) is 21.6 Å². The Morgan fingerprint density at radius 1 is 1.50 bits per heavy atom. The molecule has 2 rings (SSSR count). The molecule has 0 aliphatic heterocycles. The first-order valence-corrected chi connectivity index (χ1v) is 7.04. The summed E-state index contributed by atoms with van der Waals surface area (Å²) in [6.45, 7) is 3.84. The van der Waals surface area contributed by atoms with Crippen molar-refractivity contribution in [1.82, 2.24) is 9.78 Å². The van der Waals surface area contributed by atoms with Crippen molar-refractivity contribution >= 4 is 5.91 Å². The molecule has 6 heteroatoms. The monoisotopic (exact) mass is 285 g/mol. The number of hydrogen-bond acceptors (Lipinski definition) is 2. The average Bonchev–Trinajstić information content (AvgIpc) is 2.76. The van der Waals surface area contributed by atoms with E-state index in [2.05, 4.69) is 5.10 Å². The summed E-state index contributed by atoms with van der Waals surface area (Å²) >= 11 is 0. The van der Waals surface area contributed by atoms with Crippen molar-refractivity contribution in [2.24, 2.45) is 11.7 Å². The lowest BCUT2D eigenvalue weighted by Crippen LogP contribution is -2.25. The number of carbonyl (C=O) groups excluding carboxylic acids is 1. The van der Waals surface area contributed by atoms with E-state index >= 15 is 0 Å². The highest BCUT2D eigenvalue weighted by Crippen LogP contribution is 2.37. The largest absolute Gasteiger partial charge is 0.364 e. The van der Waals surface area contributed by atoms with Crippen molar-refractivity contribution in [2.45, 2.75) is 57.9 Å². The highest BCUT2D eigenvalue weighted by molar-refractivity contribution is 5.91. The summed E-state index contributed by atoms with van der Waals surface area (Å²) in [6, 6.07) is 1.73. The van der Waals surface area contributed by atoms with Gasteiger partial charge in [0.15, 0.2) is 0 Å². The molecule has 2 N–H and O–H groups in total. The van der Waals surface area contributed by atoms with E-state index in [1.807, 2.05) is 13.8 Å². The van der Waals surface area contributed by atoms with Crippen LogP contribution in [0, 0.1) is 5.92 Å². The molecule has 0 saturated heterocycles. The van der Waals surface area contributed by atoms with Gasteiger partial charge in [-0.3, -0.25) is 9.48 Å². The SMILES string of the molecule is CC(C)n1nc(CC2CCC(F)(F)CC2)cc1C(N)=O. The number of nitrogens with zero attached hydrogens (tertiary/aromatic N) is 2. The van der Waals surface area contributed by atoms with E-state index < -0.39 is 11.8 Å². The molecule has 1 saturated carbocycles. The Balaban J connectivity index is 2.07. The Kier molecular flexibility index (Phi) is 4.11. The van der Waals surface area contributed by atoms with Crippen LogP contribution >= 0.6 is 0 Å². The molecule has 4 nitrogen and oxygen atoms in total. The molecule has 0 radical (unpaired) electrons. The maximum Gasteiger partial charge on any atom is 0.266 e. The van der Waals surface area contributed by atoms with Crippen molar-refractivity contribution in [1.29, 1.82) is 0 Å². The predicted molar refractivity (Wildman–Crippen MR) is 71.7 cm³/mol. The molecule has 112 valence electrons. The predicted octanol–water partition coefficient (Wildman–Crippen LogP) is 2.93. The molecule has 0 spiro atoms. The van der Waals surface area contributed by atoms with E-state index in [-0.39, 0.29) is 24.8 Å². The number of nitrogens with two attached hydrogens (primary N) is 1. The first-order chi connectivity index (χ1) is 9.28. The lowest BCUT2D eigenvalue weighted by molar-refractivity contribution is -0.0457. The fourth-order valence-electron chi connectivity index (χ4n) is 2.72. The molecule has 0 aromatic carbocycles. The van der Waals surface area contributed by atoms with Crippen LogP contribution in [-0.2, 0) is 6.42 Å². The summed E-state index contributed by atoms with van der Waals surface area (Å²) < 4.78 is 27.8. The van der Waals surface area contributed by atoms with Crippen molar-refractivity contribution < 1.29 is 13.6 Å². The lowest BCUT2D eigenvalue weighted by atomic mass is 9.84. The minimum Gasteiger partial charge on any atom is -0.364 e. The second-order valence-electron chi connectivity index (χ2n) is 5.93. The Labute approximate surface area is 117 Å². The van der Waals surface area contributed by atoms with Gasteiger partial charge in [-0.05, 0) is 45.1 Å². The fraction of sp³-hybridized carbons (Fsp3) is 0.714. The molecule has 1 aromatic heterocycles. The second kappa shape index (κ2) is 5.50. The van der Waals surface area contributed by atoms with E-state index in [0.29, 0.717) is 25.0 Å². The smallest absolute Gasteiger partial charge is 0.266 e. The zero-order valence-corrected chi connectivity index (χ0v) is 11.9. The van der Waals surface area contributed by atoms with Gasteiger partial charge >= 0.3 is 0 Å². The van der Waals surface area contributed by atoms with Gasteiger partial charge in [-0.15, -0.1) is 0 Å². The average molecular weight is 285 g/mol. The molecular formula is C14H21F2N3O. The molecule has 0 unspecified atom stereocenters. The number of amides is 1. The maximum absolute atomic E-state index is 13.1. The van der Waals surface area contributed by atoms with E-state index in [4.69, 9.17) is 5.73 Å². The fourth-order valence-corrected chi connectivity index (χ4v) is 2.72. The van der Waals surface area contributed by atoms with Gasteiger partial charge < -0.3 is 5.73 Å². The van der Waals surface area contributed by atoms with Crippen molar-refractivity contribution in [2.75, 3.05) is 0 Å². The number of aromatic nitrogens is 2. The van der Waals surface area contributed by atoms with Gasteiger partial charge in [0.2, 0.25) is 5.92 Å². The zero-order chi connectivity index (χ0) is 14.9. The number of carbonyl (C=O) groups is 1. The quantitative estimate of drug-likeness (QED) is 0.924. The van der Waals surface area contributed by atoms with Gasteiger partial charge in [0, 0.05) is 18.9 Å². The van der Waals surface area contributed by atoms with Crippen LogP contribution < -0.4 is 5.73 Å². The van der Waals surface area contributed by atoms with Gasteiger partial charge in [-0.1, -0.05) is 0 Å². The molecule has 1 aliphatic rings. The van der Waals surface area contributed by atoms with Crippen molar-refractivity contribution in [3.63, 3.8) is 0 Å². The van der Waals surface area contributed by atoms with Crippen LogP contribution in [0.15, 0.2) is 6.07 Å². The first kappa shape index (κ1) is 14.9. The van der Waals surface area contributed by atoms with Crippen LogP contribution in [0.5, 0.6) is 0 Å². The standard InChI is InChI=1S/C14H21F2N3O/c1-9(2)19-12(13(17)20)8-11(18-19)7-10-3-5-14(15,16)6-4-10/h8-10H,3-7H2,1-2H3,(H2,17,20). The normalized spacial score (nSPS) is 19.4.